The minimum absolute atomic E-state index is 0. The molecule has 0 atom stereocenters. The summed E-state index contributed by atoms with van der Waals surface area (Å²) in [4.78, 5) is 0. The van der Waals surface area contributed by atoms with Crippen molar-refractivity contribution in [3.63, 3.8) is 0 Å². The van der Waals surface area contributed by atoms with Gasteiger partial charge in [-0.2, -0.15) is 0 Å². The molecule has 0 nitrogen and oxygen atoms in total. The molecule has 37 valence electrons. The Morgan fingerprint density at radius 2 is 1.12 bits per heavy atom. The maximum atomic E-state index is 2.37. The van der Waals surface area contributed by atoms with Crippen LogP contribution in [0.25, 0.3) is 0 Å². The van der Waals surface area contributed by atoms with Gasteiger partial charge in [0.1, 0.15) is 0 Å². The summed E-state index contributed by atoms with van der Waals surface area (Å²) in [6.45, 7) is 0. The normalized spacial score (nSPS) is 2.25. The Morgan fingerprint density at radius 3 is 1.12 bits per heavy atom. The summed E-state index contributed by atoms with van der Waals surface area (Å²) in [5.74, 6) is 0. The Balaban J connectivity index is -0.00000000500. The first-order chi connectivity index (χ1) is 3.00. The Labute approximate surface area is 194 Å². The summed E-state index contributed by atoms with van der Waals surface area (Å²) in [5.41, 5.74) is 0. The van der Waals surface area contributed by atoms with E-state index in [1.807, 2.05) is 0 Å². The molecule has 0 aromatic heterocycles. The fraction of sp³-hybridized carbons (Fsp3) is 0. The maximum absolute atomic E-state index is 2.37. The van der Waals surface area contributed by atoms with Gasteiger partial charge in [0, 0.05) is 0 Å². The fourth-order valence-electron chi connectivity index (χ4n) is 0. The van der Waals surface area contributed by atoms with Gasteiger partial charge >= 0.3 is 180 Å². The molecule has 0 aliphatic carbocycles. The average Bonchev–Trinajstić information content (AvgIpc) is 1.81. The minimum atomic E-state index is 0. The average molecular weight is 941 g/mol. The molecule has 0 unspecified atom stereocenters. The molecule has 0 fully saturated rings. The van der Waals surface area contributed by atoms with E-state index in [0.29, 0.717) is 0 Å². The van der Waals surface area contributed by atoms with E-state index in [4.69, 9.17) is 0 Å². The van der Waals surface area contributed by atoms with Crippen LogP contribution in [-0.4, -0.2) is 58.5 Å². The van der Waals surface area contributed by atoms with E-state index in [2.05, 4.69) is 38.9 Å². The first-order valence-electron chi connectivity index (χ1n) is 0.785. The summed E-state index contributed by atoms with van der Waals surface area (Å²) in [6, 6.07) is 0. The van der Waals surface area contributed by atoms with E-state index in [9.17, 15) is 0 Å². The van der Waals surface area contributed by atoms with Crippen LogP contribution in [0.5, 0.6) is 0 Å². The quantitative estimate of drug-likeness (QED) is 0.174. The van der Waals surface area contributed by atoms with E-state index in [0.717, 1.165) is 91.0 Å². The molecule has 0 saturated carbocycles. The van der Waals surface area contributed by atoms with Gasteiger partial charge in [-0.15, -0.1) is 0 Å². The first-order valence-corrected chi connectivity index (χ1v) is 36.2. The van der Waals surface area contributed by atoms with Gasteiger partial charge in [-0.05, 0) is 0 Å². The van der Waals surface area contributed by atoms with Gasteiger partial charge in [-0.3, -0.25) is 0 Å². The van der Waals surface area contributed by atoms with Gasteiger partial charge in [0.15, 0.2) is 0 Å². The van der Waals surface area contributed by atoms with Crippen molar-refractivity contribution in [2.24, 2.45) is 0 Å². The van der Waals surface area contributed by atoms with Crippen molar-refractivity contribution in [1.29, 1.82) is 0 Å². The molecule has 0 spiro atoms. The van der Waals surface area contributed by atoms with Crippen molar-refractivity contribution >= 4 is 97.4 Å². The zero-order valence-electron chi connectivity index (χ0n) is 4.59. The van der Waals surface area contributed by atoms with E-state index in [1.54, 1.807) is 20.2 Å². The van der Waals surface area contributed by atoms with Gasteiger partial charge in [0.25, 0.3) is 0 Å². The van der Waals surface area contributed by atoms with Crippen LogP contribution in [-0.2, 0) is 20.2 Å². The number of halogens is 4. The zero-order valence-corrected chi connectivity index (χ0v) is 27.4. The molecule has 0 aromatic rings. The summed E-state index contributed by atoms with van der Waals surface area (Å²) < 4.78 is 0. The second-order valence-corrected chi connectivity index (χ2v) is 0. The van der Waals surface area contributed by atoms with Crippen LogP contribution in [0.3, 0.4) is 0 Å². The fourth-order valence-corrected chi connectivity index (χ4v) is 0. The number of rotatable bonds is 0. The van der Waals surface area contributed by atoms with Crippen molar-refractivity contribution < 1.29 is 106 Å². The third-order valence-electron chi connectivity index (χ3n) is 0. The van der Waals surface area contributed by atoms with E-state index in [1.165, 1.54) is 0 Å². The van der Waals surface area contributed by atoms with Crippen LogP contribution < -0.4 is 53.5 Å². The Bertz CT molecular complexity index is 16.0. The second kappa shape index (κ2) is 45.6. The van der Waals surface area contributed by atoms with Crippen LogP contribution >= 0.6 is 38.9 Å². The Morgan fingerprint density at radius 1 is 1.12 bits per heavy atom. The van der Waals surface area contributed by atoms with Crippen molar-refractivity contribution in [2.75, 3.05) is 0 Å². The monoisotopic (exact) mass is 941 g/mol. The molecule has 0 saturated heterocycles. The third-order valence-corrected chi connectivity index (χ3v) is 0. The van der Waals surface area contributed by atoms with Crippen LogP contribution in [0.2, 0.25) is 0 Å². The molecule has 8 heteroatoms. The van der Waals surface area contributed by atoms with Crippen molar-refractivity contribution in [3.8, 4) is 0 Å². The van der Waals surface area contributed by atoms with E-state index in [-0.39, 0.29) is 53.5 Å². The first kappa shape index (κ1) is 29.8. The summed E-state index contributed by atoms with van der Waals surface area (Å²) in [6.07, 6.45) is 2.37. The molecular formula is CsI4NaScTh. The van der Waals surface area contributed by atoms with Crippen molar-refractivity contribution in [3.05, 3.63) is 0 Å². The van der Waals surface area contributed by atoms with Gasteiger partial charge < -0.3 is 24.0 Å². The zero-order chi connectivity index (χ0) is 6.00. The molecule has 0 rings (SSSR count). The molecule has 0 heterocycles. The standard InChI is InChI=1S/Cs.4HI.Na.Sc.Th/h;4*1H;;;/q+1;;;;;3*+1/p-4. The Kier molecular flexibility index (Phi) is 170. The Hall–Kier alpha value is 8.17. The molecule has 8 heavy (non-hydrogen) atoms. The topological polar surface area (TPSA) is 0 Å². The van der Waals surface area contributed by atoms with Crippen molar-refractivity contribution in [1.82, 2.24) is 0 Å². The van der Waals surface area contributed by atoms with Crippen LogP contribution in [0.15, 0.2) is 0 Å². The van der Waals surface area contributed by atoms with Crippen LogP contribution in [0, 0.1) is 32.5 Å². The third kappa shape index (κ3) is 36.8. The predicted molar refractivity (Wildman–Crippen MR) is 47.8 cm³/mol. The van der Waals surface area contributed by atoms with Gasteiger partial charge in [0.2, 0.25) is 0 Å². The molecule has 0 N–H and O–H groups in total. The molecule has 0 aliphatic heterocycles. The summed E-state index contributed by atoms with van der Waals surface area (Å²) in [5, 5.41) is 0. The van der Waals surface area contributed by atoms with Crippen LogP contribution in [0.1, 0.15) is 0 Å². The SMILES string of the molecule is [I-].[I][Cs].[I][Th].[Na+].[Sc][I]. The summed E-state index contributed by atoms with van der Waals surface area (Å²) in [7, 11) is 0. The molecular weight excluding hydrogens is 941 g/mol. The van der Waals surface area contributed by atoms with E-state index >= 15 is 0 Å². The summed E-state index contributed by atoms with van der Waals surface area (Å²) >= 11 is 8.18. The molecule has 0 aromatic carbocycles. The van der Waals surface area contributed by atoms with Crippen LogP contribution in [0.4, 0.5) is 0 Å². The van der Waals surface area contributed by atoms with Gasteiger partial charge in [-0.1, -0.05) is 0 Å². The van der Waals surface area contributed by atoms with Crippen molar-refractivity contribution in [2.45, 2.75) is 0 Å². The predicted octanol–water partition coefficient (Wildman–Crippen LogP) is -3.72. The number of hydrogen-bond acceptors (Lipinski definition) is 0. The number of hydrogen-bond donors (Lipinski definition) is 0. The molecule has 0 radical (unpaired) electrons. The van der Waals surface area contributed by atoms with Gasteiger partial charge in [0.05, 0.1) is 0 Å². The molecule has 0 aliphatic rings. The molecule has 0 bridgehead atoms. The molecule has 0 amide bonds. The van der Waals surface area contributed by atoms with E-state index < -0.39 is 0 Å². The van der Waals surface area contributed by atoms with Gasteiger partial charge in [-0.25, -0.2) is 0 Å². The second-order valence-electron chi connectivity index (χ2n) is 0.